The summed E-state index contributed by atoms with van der Waals surface area (Å²) in [5.74, 6) is 2.39. The summed E-state index contributed by atoms with van der Waals surface area (Å²) in [5, 5.41) is 0. The third-order valence-corrected chi connectivity index (χ3v) is 5.25. The van der Waals surface area contributed by atoms with Crippen molar-refractivity contribution in [1.29, 1.82) is 0 Å². The summed E-state index contributed by atoms with van der Waals surface area (Å²) < 4.78 is 10.4. The van der Waals surface area contributed by atoms with E-state index in [0.717, 1.165) is 35.9 Å². The van der Waals surface area contributed by atoms with E-state index in [-0.39, 0.29) is 5.91 Å². The highest BCUT2D eigenvalue weighted by Crippen LogP contribution is 2.24. The molecular formula is C23H24N4O3. The fourth-order valence-corrected chi connectivity index (χ4v) is 3.52. The predicted molar refractivity (Wildman–Crippen MR) is 115 cm³/mol. The van der Waals surface area contributed by atoms with Gasteiger partial charge in [0.25, 0.3) is 5.91 Å². The minimum Gasteiger partial charge on any atom is -0.497 e. The first-order valence-corrected chi connectivity index (χ1v) is 9.82. The number of anilines is 1. The summed E-state index contributed by atoms with van der Waals surface area (Å²) in [4.78, 5) is 25.7. The summed E-state index contributed by atoms with van der Waals surface area (Å²) in [5.41, 5.74) is 2.51. The van der Waals surface area contributed by atoms with Crippen molar-refractivity contribution >= 4 is 11.7 Å². The molecule has 7 nitrogen and oxygen atoms in total. The van der Waals surface area contributed by atoms with Crippen LogP contribution in [0.3, 0.4) is 0 Å². The van der Waals surface area contributed by atoms with Crippen LogP contribution in [0.5, 0.6) is 11.5 Å². The van der Waals surface area contributed by atoms with Gasteiger partial charge >= 0.3 is 0 Å². The summed E-state index contributed by atoms with van der Waals surface area (Å²) >= 11 is 0. The van der Waals surface area contributed by atoms with Gasteiger partial charge in [-0.05, 0) is 42.5 Å². The first-order chi connectivity index (χ1) is 14.7. The lowest BCUT2D eigenvalue weighted by Gasteiger charge is -2.35. The molecule has 4 rings (SSSR count). The summed E-state index contributed by atoms with van der Waals surface area (Å²) in [6.45, 7) is 2.71. The van der Waals surface area contributed by atoms with Crippen molar-refractivity contribution in [1.82, 2.24) is 14.9 Å². The molecule has 0 spiro atoms. The molecule has 1 aliphatic heterocycles. The number of benzene rings is 2. The number of hydrogen-bond acceptors (Lipinski definition) is 6. The average molecular weight is 404 g/mol. The number of nitrogens with zero attached hydrogens (tertiary/aromatic N) is 4. The first kappa shape index (κ1) is 19.7. The molecule has 0 aliphatic carbocycles. The molecule has 7 heteroatoms. The Hall–Kier alpha value is -3.61. The van der Waals surface area contributed by atoms with Gasteiger partial charge in [0.05, 0.1) is 19.9 Å². The van der Waals surface area contributed by atoms with Gasteiger partial charge in [-0.3, -0.25) is 4.79 Å². The van der Waals surface area contributed by atoms with Crippen LogP contribution in [0.15, 0.2) is 60.9 Å². The number of amides is 1. The van der Waals surface area contributed by atoms with E-state index in [1.807, 2.05) is 53.4 Å². The smallest absolute Gasteiger partial charge is 0.254 e. The molecule has 30 heavy (non-hydrogen) atoms. The molecule has 0 N–H and O–H groups in total. The lowest BCUT2D eigenvalue weighted by molar-refractivity contribution is 0.0746. The monoisotopic (exact) mass is 404 g/mol. The van der Waals surface area contributed by atoms with Crippen LogP contribution in [0.4, 0.5) is 5.82 Å². The van der Waals surface area contributed by atoms with Crippen LogP contribution in [0, 0.1) is 0 Å². The maximum atomic E-state index is 12.8. The van der Waals surface area contributed by atoms with Gasteiger partial charge in [-0.25, -0.2) is 9.97 Å². The third kappa shape index (κ3) is 4.20. The maximum absolute atomic E-state index is 12.8. The Morgan fingerprint density at radius 2 is 1.60 bits per heavy atom. The van der Waals surface area contributed by atoms with Crippen molar-refractivity contribution in [3.8, 4) is 22.8 Å². The van der Waals surface area contributed by atoms with Crippen molar-refractivity contribution in [2.24, 2.45) is 0 Å². The van der Waals surface area contributed by atoms with Crippen LogP contribution in [-0.4, -0.2) is 61.2 Å². The summed E-state index contributed by atoms with van der Waals surface area (Å²) in [7, 11) is 3.25. The molecule has 1 fully saturated rings. The molecule has 0 saturated carbocycles. The molecule has 0 unspecified atom stereocenters. The Labute approximate surface area is 175 Å². The second kappa shape index (κ2) is 8.82. The second-order valence-electron chi connectivity index (χ2n) is 7.00. The van der Waals surface area contributed by atoms with E-state index < -0.39 is 0 Å². The largest absolute Gasteiger partial charge is 0.497 e. The van der Waals surface area contributed by atoms with Gasteiger partial charge in [-0.2, -0.15) is 0 Å². The third-order valence-electron chi connectivity index (χ3n) is 5.25. The fraction of sp³-hybridized carbons (Fsp3) is 0.261. The second-order valence-corrected chi connectivity index (χ2v) is 7.00. The van der Waals surface area contributed by atoms with Crippen molar-refractivity contribution in [2.45, 2.75) is 0 Å². The molecule has 154 valence electrons. The van der Waals surface area contributed by atoms with Gasteiger partial charge in [0.15, 0.2) is 0 Å². The van der Waals surface area contributed by atoms with E-state index in [4.69, 9.17) is 9.47 Å². The van der Waals surface area contributed by atoms with Gasteiger partial charge < -0.3 is 19.3 Å². The normalized spacial score (nSPS) is 13.8. The maximum Gasteiger partial charge on any atom is 0.254 e. The van der Waals surface area contributed by atoms with E-state index in [2.05, 4.69) is 14.9 Å². The molecule has 0 radical (unpaired) electrons. The zero-order valence-electron chi connectivity index (χ0n) is 17.1. The van der Waals surface area contributed by atoms with Gasteiger partial charge in [0.1, 0.15) is 23.6 Å². The van der Waals surface area contributed by atoms with E-state index in [0.29, 0.717) is 24.4 Å². The fourth-order valence-electron chi connectivity index (χ4n) is 3.52. The first-order valence-electron chi connectivity index (χ1n) is 9.82. The lowest BCUT2D eigenvalue weighted by Crippen LogP contribution is -2.49. The van der Waals surface area contributed by atoms with Crippen LogP contribution in [-0.2, 0) is 0 Å². The average Bonchev–Trinajstić information content (AvgIpc) is 2.84. The zero-order valence-corrected chi connectivity index (χ0v) is 17.1. The highest BCUT2D eigenvalue weighted by molar-refractivity contribution is 5.94. The van der Waals surface area contributed by atoms with Gasteiger partial charge in [-0.15, -0.1) is 0 Å². The van der Waals surface area contributed by atoms with Crippen molar-refractivity contribution in [3.63, 3.8) is 0 Å². The van der Waals surface area contributed by atoms with Crippen LogP contribution < -0.4 is 14.4 Å². The van der Waals surface area contributed by atoms with E-state index in [1.54, 1.807) is 26.6 Å². The van der Waals surface area contributed by atoms with Gasteiger partial charge in [0.2, 0.25) is 0 Å². The molecule has 0 atom stereocenters. The SMILES string of the molecule is COc1ccc(-c2cc(N3CCN(C(=O)c4cccc(OC)c4)CC3)ncn2)cc1. The highest BCUT2D eigenvalue weighted by atomic mass is 16.5. The Kier molecular flexibility index (Phi) is 5.79. The van der Waals surface area contributed by atoms with Gasteiger partial charge in [-0.1, -0.05) is 6.07 Å². The molecule has 1 amide bonds. The van der Waals surface area contributed by atoms with Crippen molar-refractivity contribution in [3.05, 3.63) is 66.5 Å². The standard InChI is InChI=1S/C23H24N4O3/c1-29-19-8-6-17(7-9-19)21-15-22(25-16-24-21)26-10-12-27(13-11-26)23(28)18-4-3-5-20(14-18)30-2/h3-9,14-16H,10-13H2,1-2H3. The minimum atomic E-state index is 0.0233. The minimum absolute atomic E-state index is 0.0233. The predicted octanol–water partition coefficient (Wildman–Crippen LogP) is 3.12. The number of hydrogen-bond donors (Lipinski definition) is 0. The van der Waals surface area contributed by atoms with Crippen LogP contribution >= 0.6 is 0 Å². The van der Waals surface area contributed by atoms with Crippen molar-refractivity contribution in [2.75, 3.05) is 45.3 Å². The lowest BCUT2D eigenvalue weighted by atomic mass is 10.1. The topological polar surface area (TPSA) is 67.8 Å². The zero-order chi connectivity index (χ0) is 20.9. The highest BCUT2D eigenvalue weighted by Gasteiger charge is 2.23. The Morgan fingerprint density at radius 1 is 0.867 bits per heavy atom. The summed E-state index contributed by atoms with van der Waals surface area (Å²) in [6, 6.07) is 17.1. The van der Waals surface area contributed by atoms with Crippen LogP contribution in [0.25, 0.3) is 11.3 Å². The molecule has 1 saturated heterocycles. The molecule has 1 aromatic heterocycles. The van der Waals surface area contributed by atoms with E-state index in [9.17, 15) is 4.79 Å². The number of carbonyl (C=O) groups excluding carboxylic acids is 1. The Bertz CT molecular complexity index is 1010. The number of aromatic nitrogens is 2. The van der Waals surface area contributed by atoms with E-state index in [1.165, 1.54) is 0 Å². The number of ether oxygens (including phenoxy) is 2. The van der Waals surface area contributed by atoms with Crippen LogP contribution in [0.2, 0.25) is 0 Å². The Balaban J connectivity index is 1.43. The van der Waals surface area contributed by atoms with Crippen LogP contribution in [0.1, 0.15) is 10.4 Å². The number of piperazine rings is 1. The number of carbonyl (C=O) groups is 1. The quantitative estimate of drug-likeness (QED) is 0.651. The molecule has 2 heterocycles. The van der Waals surface area contributed by atoms with Gasteiger partial charge in [0, 0.05) is 43.4 Å². The molecule has 3 aromatic rings. The summed E-state index contributed by atoms with van der Waals surface area (Å²) in [6.07, 6.45) is 1.59. The number of rotatable bonds is 5. The molecular weight excluding hydrogens is 380 g/mol. The van der Waals surface area contributed by atoms with Crippen molar-refractivity contribution < 1.29 is 14.3 Å². The molecule has 0 bridgehead atoms. The number of methoxy groups -OCH3 is 2. The Morgan fingerprint density at radius 3 is 2.30 bits per heavy atom. The molecule has 2 aromatic carbocycles. The van der Waals surface area contributed by atoms with E-state index >= 15 is 0 Å². The molecule has 1 aliphatic rings.